The van der Waals surface area contributed by atoms with Crippen LogP contribution in [-0.4, -0.2) is 60.7 Å². The second-order valence-corrected chi connectivity index (χ2v) is 9.17. The van der Waals surface area contributed by atoms with Crippen molar-refractivity contribution in [1.29, 1.82) is 0 Å². The molecule has 3 aromatic carbocycles. The highest BCUT2D eigenvalue weighted by Crippen LogP contribution is 2.42. The average Bonchev–Trinajstić information content (AvgIpc) is 2.95. The first-order valence-corrected chi connectivity index (χ1v) is 12.8. The van der Waals surface area contributed by atoms with Gasteiger partial charge in [0.05, 0.1) is 25.8 Å². The van der Waals surface area contributed by atoms with Gasteiger partial charge in [-0.05, 0) is 47.9 Å². The van der Waals surface area contributed by atoms with E-state index in [1.165, 1.54) is 20.3 Å². The zero-order valence-corrected chi connectivity index (χ0v) is 22.2. The van der Waals surface area contributed by atoms with E-state index in [9.17, 15) is 19.8 Å². The van der Waals surface area contributed by atoms with Crippen molar-refractivity contribution in [2.45, 2.75) is 32.7 Å². The zero-order chi connectivity index (χ0) is 27.4. The van der Waals surface area contributed by atoms with E-state index in [0.717, 1.165) is 5.69 Å². The maximum Gasteiger partial charge on any atom is 0.222 e. The Hall–Kier alpha value is -4.20. The van der Waals surface area contributed by atoms with Gasteiger partial charge in [-0.15, -0.1) is 0 Å². The molecular formula is C30H34N2O6. The highest BCUT2D eigenvalue weighted by atomic mass is 16.5. The molecule has 1 saturated heterocycles. The summed E-state index contributed by atoms with van der Waals surface area (Å²) in [5.74, 6) is -0.0886. The number of ether oxygens (including phenoxy) is 2. The molecule has 1 unspecified atom stereocenters. The van der Waals surface area contributed by atoms with E-state index in [2.05, 4.69) is 4.90 Å². The van der Waals surface area contributed by atoms with Crippen LogP contribution in [-0.2, 0) is 11.2 Å². The summed E-state index contributed by atoms with van der Waals surface area (Å²) in [6.07, 6.45) is 0.705. The number of methoxy groups -OCH3 is 2. The fraction of sp³-hybridized carbons (Fsp3) is 0.333. The number of nitrogens with zero attached hydrogens (tertiary/aromatic N) is 2. The van der Waals surface area contributed by atoms with Crippen molar-refractivity contribution in [3.05, 3.63) is 76.9 Å². The number of para-hydroxylation sites is 1. The molecule has 0 bridgehead atoms. The van der Waals surface area contributed by atoms with Crippen LogP contribution >= 0.6 is 0 Å². The molecule has 0 aliphatic carbocycles. The lowest BCUT2D eigenvalue weighted by molar-refractivity contribution is -0.133. The number of piperazine rings is 1. The molecule has 2 N–H and O–H groups in total. The summed E-state index contributed by atoms with van der Waals surface area (Å²) in [5.41, 5.74) is 2.35. The number of phenolic OH excluding ortho intramolecular Hbond substituents is 2. The minimum Gasteiger partial charge on any atom is -0.508 e. The normalized spacial score (nSPS) is 15.3. The summed E-state index contributed by atoms with van der Waals surface area (Å²) >= 11 is 0. The van der Waals surface area contributed by atoms with Crippen molar-refractivity contribution in [2.75, 3.05) is 38.8 Å². The van der Waals surface area contributed by atoms with E-state index in [0.29, 0.717) is 55.1 Å². The number of ketones is 1. The first kappa shape index (κ1) is 26.9. The first-order valence-electron chi connectivity index (χ1n) is 12.8. The Balaban J connectivity index is 1.91. The van der Waals surface area contributed by atoms with Gasteiger partial charge in [-0.25, -0.2) is 0 Å². The maximum absolute atomic E-state index is 14.0. The van der Waals surface area contributed by atoms with Crippen LogP contribution in [0.4, 0.5) is 5.69 Å². The van der Waals surface area contributed by atoms with Crippen molar-refractivity contribution in [1.82, 2.24) is 4.90 Å². The number of aromatic hydroxyl groups is 2. The molecular weight excluding hydrogens is 484 g/mol. The van der Waals surface area contributed by atoms with Crippen LogP contribution in [0.1, 0.15) is 53.4 Å². The second-order valence-electron chi connectivity index (χ2n) is 9.17. The van der Waals surface area contributed by atoms with Gasteiger partial charge in [0.15, 0.2) is 17.3 Å². The molecule has 1 aliphatic heterocycles. The molecule has 1 atom stereocenters. The molecule has 0 radical (unpaired) electrons. The summed E-state index contributed by atoms with van der Waals surface area (Å²) < 4.78 is 10.7. The van der Waals surface area contributed by atoms with Crippen molar-refractivity contribution in [3.8, 4) is 23.0 Å². The number of benzene rings is 3. The zero-order valence-electron chi connectivity index (χ0n) is 22.2. The SMILES string of the molecule is CCC(=O)N1CCN(c2ccccc2)CC1c1c(CC)c(O)cc(O)c1C(=O)c1ccc(OC)c(OC)c1. The summed E-state index contributed by atoms with van der Waals surface area (Å²) in [6, 6.07) is 15.3. The van der Waals surface area contributed by atoms with Gasteiger partial charge in [0, 0.05) is 43.4 Å². The van der Waals surface area contributed by atoms with E-state index in [1.807, 2.05) is 37.3 Å². The summed E-state index contributed by atoms with van der Waals surface area (Å²) in [7, 11) is 3.00. The van der Waals surface area contributed by atoms with Crippen molar-refractivity contribution in [2.24, 2.45) is 0 Å². The maximum atomic E-state index is 14.0. The molecule has 0 saturated carbocycles. The number of phenols is 2. The average molecular weight is 519 g/mol. The molecule has 1 aliphatic rings. The number of rotatable bonds is 8. The number of hydrogen-bond donors (Lipinski definition) is 2. The predicted molar refractivity (Wildman–Crippen MR) is 146 cm³/mol. The minimum atomic E-state index is -0.566. The summed E-state index contributed by atoms with van der Waals surface area (Å²) in [6.45, 7) is 5.15. The third-order valence-corrected chi connectivity index (χ3v) is 7.12. The van der Waals surface area contributed by atoms with Crippen LogP contribution in [0.3, 0.4) is 0 Å². The Morgan fingerprint density at radius 1 is 0.921 bits per heavy atom. The van der Waals surface area contributed by atoms with Crippen LogP contribution in [0.25, 0.3) is 0 Å². The minimum absolute atomic E-state index is 0.0582. The van der Waals surface area contributed by atoms with E-state index < -0.39 is 11.8 Å². The van der Waals surface area contributed by atoms with Crippen LogP contribution in [0.2, 0.25) is 0 Å². The second kappa shape index (κ2) is 11.5. The molecule has 8 nitrogen and oxygen atoms in total. The molecule has 0 spiro atoms. The van der Waals surface area contributed by atoms with E-state index >= 15 is 0 Å². The quantitative estimate of drug-likeness (QED) is 0.417. The van der Waals surface area contributed by atoms with Crippen molar-refractivity contribution in [3.63, 3.8) is 0 Å². The van der Waals surface area contributed by atoms with Crippen molar-refractivity contribution < 1.29 is 29.3 Å². The Labute approximate surface area is 223 Å². The van der Waals surface area contributed by atoms with Crippen LogP contribution in [0, 0.1) is 0 Å². The fourth-order valence-electron chi connectivity index (χ4n) is 5.22. The van der Waals surface area contributed by atoms with Gasteiger partial charge in [-0.1, -0.05) is 32.0 Å². The highest BCUT2D eigenvalue weighted by molar-refractivity contribution is 6.12. The molecule has 1 heterocycles. The fourth-order valence-corrected chi connectivity index (χ4v) is 5.22. The Morgan fingerprint density at radius 2 is 1.63 bits per heavy atom. The van der Waals surface area contributed by atoms with Gasteiger partial charge >= 0.3 is 0 Å². The van der Waals surface area contributed by atoms with E-state index in [-0.39, 0.29) is 28.5 Å². The largest absolute Gasteiger partial charge is 0.508 e. The third kappa shape index (κ3) is 4.98. The summed E-state index contributed by atoms with van der Waals surface area (Å²) in [5, 5.41) is 22.0. The number of anilines is 1. The molecule has 1 amide bonds. The number of carbonyl (C=O) groups is 2. The number of hydrogen-bond acceptors (Lipinski definition) is 7. The smallest absolute Gasteiger partial charge is 0.222 e. The predicted octanol–water partition coefficient (Wildman–Crippen LogP) is 4.71. The lowest BCUT2D eigenvalue weighted by atomic mass is 9.86. The highest BCUT2D eigenvalue weighted by Gasteiger charge is 2.37. The Kier molecular flexibility index (Phi) is 8.10. The first-order chi connectivity index (χ1) is 18.3. The van der Waals surface area contributed by atoms with Crippen LogP contribution in [0.15, 0.2) is 54.6 Å². The monoisotopic (exact) mass is 518 g/mol. The molecule has 200 valence electrons. The summed E-state index contributed by atoms with van der Waals surface area (Å²) in [4.78, 5) is 31.1. The molecule has 3 aromatic rings. The van der Waals surface area contributed by atoms with E-state index in [4.69, 9.17) is 9.47 Å². The topological polar surface area (TPSA) is 99.5 Å². The molecule has 1 fully saturated rings. The van der Waals surface area contributed by atoms with Crippen LogP contribution in [0.5, 0.6) is 23.0 Å². The third-order valence-electron chi connectivity index (χ3n) is 7.12. The van der Waals surface area contributed by atoms with Gasteiger partial charge in [0.1, 0.15) is 11.5 Å². The van der Waals surface area contributed by atoms with Gasteiger partial charge in [-0.2, -0.15) is 0 Å². The number of amides is 1. The van der Waals surface area contributed by atoms with E-state index in [1.54, 1.807) is 30.0 Å². The van der Waals surface area contributed by atoms with Gasteiger partial charge in [-0.3, -0.25) is 9.59 Å². The molecule has 38 heavy (non-hydrogen) atoms. The molecule has 0 aromatic heterocycles. The standard InChI is InChI=1S/C30H34N2O6/c1-5-21-23(33)17-24(34)29(30(36)19-12-13-25(37-3)26(16-19)38-4)28(21)22-18-31(20-10-8-7-9-11-20)14-15-32(22)27(35)6-2/h7-13,16-17,22,33-34H,5-6,14-15,18H2,1-4H3. The van der Waals surface area contributed by atoms with Gasteiger partial charge in [0.2, 0.25) is 5.91 Å². The van der Waals surface area contributed by atoms with Gasteiger partial charge in [0.25, 0.3) is 0 Å². The van der Waals surface area contributed by atoms with Crippen LogP contribution < -0.4 is 14.4 Å². The number of carbonyl (C=O) groups excluding carboxylic acids is 2. The Bertz CT molecular complexity index is 1320. The van der Waals surface area contributed by atoms with Crippen molar-refractivity contribution >= 4 is 17.4 Å². The molecule has 8 heteroatoms. The Morgan fingerprint density at radius 3 is 2.26 bits per heavy atom. The van der Waals surface area contributed by atoms with Gasteiger partial charge < -0.3 is 29.5 Å². The lowest BCUT2D eigenvalue weighted by Gasteiger charge is -2.44. The molecule has 4 rings (SSSR count). The lowest BCUT2D eigenvalue weighted by Crippen LogP contribution is -2.51.